The number of aliphatic hydroxyl groups is 1. The zero-order valence-corrected chi connectivity index (χ0v) is 22.5. The van der Waals surface area contributed by atoms with Crippen LogP contribution in [-0.2, 0) is 11.0 Å². The Labute approximate surface area is 230 Å². The number of hydrogen-bond acceptors (Lipinski definition) is 6. The van der Waals surface area contributed by atoms with E-state index in [1.165, 1.54) is 23.9 Å². The van der Waals surface area contributed by atoms with Crippen molar-refractivity contribution >= 4 is 28.6 Å². The molecule has 1 saturated heterocycles. The van der Waals surface area contributed by atoms with Gasteiger partial charge in [0.25, 0.3) is 0 Å². The smallest absolute Gasteiger partial charge is 0.416 e. The molecular weight excluding hydrogens is 529 g/mol. The highest BCUT2D eigenvalue weighted by molar-refractivity contribution is 7.99. The number of halogens is 3. The Balaban J connectivity index is 1.26. The van der Waals surface area contributed by atoms with Gasteiger partial charge in [-0.25, -0.2) is 0 Å². The molecule has 6 nitrogen and oxygen atoms in total. The Morgan fingerprint density at radius 1 is 1.21 bits per heavy atom. The van der Waals surface area contributed by atoms with Crippen molar-refractivity contribution < 1.29 is 32.9 Å². The molecule has 0 unspecified atom stereocenters. The number of likely N-dealkylation sites (tertiary alicyclic amines) is 1. The molecule has 0 bridgehead atoms. The highest BCUT2D eigenvalue weighted by atomic mass is 32.2. The first-order valence-corrected chi connectivity index (χ1v) is 14.0. The SMILES string of the molecule is COc1ccc2nccc([C@H](O)CC[C@@H]3CCN(CCCSc4ccc(C(F)(F)F)cc4)C[C@@H]3C(=O)O)c2c1. The van der Waals surface area contributed by atoms with Gasteiger partial charge in [-0.3, -0.25) is 9.78 Å². The van der Waals surface area contributed by atoms with Crippen molar-refractivity contribution in [1.82, 2.24) is 9.88 Å². The molecule has 2 heterocycles. The summed E-state index contributed by atoms with van der Waals surface area (Å²) >= 11 is 1.50. The van der Waals surface area contributed by atoms with Gasteiger partial charge in [-0.2, -0.15) is 13.2 Å². The van der Waals surface area contributed by atoms with E-state index in [2.05, 4.69) is 9.88 Å². The maximum absolute atomic E-state index is 12.7. The van der Waals surface area contributed by atoms with Crippen molar-refractivity contribution in [1.29, 1.82) is 0 Å². The Bertz CT molecular complexity index is 1260. The monoisotopic (exact) mass is 562 g/mol. The van der Waals surface area contributed by atoms with Crippen molar-refractivity contribution in [3.8, 4) is 5.75 Å². The Morgan fingerprint density at radius 2 is 1.97 bits per heavy atom. The minimum Gasteiger partial charge on any atom is -0.497 e. The largest absolute Gasteiger partial charge is 0.497 e. The molecule has 2 N–H and O–H groups in total. The van der Waals surface area contributed by atoms with Crippen LogP contribution in [0.4, 0.5) is 13.2 Å². The quantitative estimate of drug-likeness (QED) is 0.210. The van der Waals surface area contributed by atoms with Crippen LogP contribution in [0.2, 0.25) is 0 Å². The van der Waals surface area contributed by atoms with Gasteiger partial charge in [0.1, 0.15) is 5.75 Å². The number of rotatable bonds is 11. The van der Waals surface area contributed by atoms with E-state index in [0.29, 0.717) is 25.1 Å². The number of ether oxygens (including phenoxy) is 1. The molecule has 0 aliphatic carbocycles. The number of hydrogen-bond donors (Lipinski definition) is 2. The number of piperidine rings is 1. The third-order valence-corrected chi connectivity index (χ3v) is 8.48. The normalized spacial score (nSPS) is 19.2. The van der Waals surface area contributed by atoms with E-state index in [9.17, 15) is 28.2 Å². The molecule has 3 aromatic rings. The molecule has 1 aliphatic rings. The second kappa shape index (κ2) is 13.0. The highest BCUT2D eigenvalue weighted by Crippen LogP contribution is 2.34. The molecule has 10 heteroatoms. The third-order valence-electron chi connectivity index (χ3n) is 7.38. The average Bonchev–Trinajstić information content (AvgIpc) is 2.93. The van der Waals surface area contributed by atoms with Crippen LogP contribution >= 0.6 is 11.8 Å². The molecule has 0 spiro atoms. The molecule has 0 radical (unpaired) electrons. The minimum absolute atomic E-state index is 0.0300. The van der Waals surface area contributed by atoms with Crippen molar-refractivity contribution in [2.45, 2.75) is 42.9 Å². The Kier molecular flexibility index (Phi) is 9.74. The average molecular weight is 563 g/mol. The van der Waals surface area contributed by atoms with Crippen LogP contribution in [0.1, 0.15) is 42.9 Å². The molecule has 0 amide bonds. The predicted octanol–water partition coefficient (Wildman–Crippen LogP) is 6.28. The van der Waals surface area contributed by atoms with Gasteiger partial charge in [0, 0.05) is 23.0 Å². The van der Waals surface area contributed by atoms with E-state index >= 15 is 0 Å². The van der Waals surface area contributed by atoms with Crippen molar-refractivity contribution in [2.75, 3.05) is 32.5 Å². The van der Waals surface area contributed by atoms with E-state index in [4.69, 9.17) is 4.74 Å². The Morgan fingerprint density at radius 3 is 2.67 bits per heavy atom. The van der Waals surface area contributed by atoms with Crippen molar-refractivity contribution in [3.63, 3.8) is 0 Å². The van der Waals surface area contributed by atoms with Gasteiger partial charge in [-0.05, 0) is 105 Å². The van der Waals surface area contributed by atoms with E-state index in [-0.39, 0.29) is 5.92 Å². The molecule has 4 rings (SSSR count). The molecule has 0 saturated carbocycles. The first kappa shape index (κ1) is 29.2. The molecule has 1 aliphatic heterocycles. The lowest BCUT2D eigenvalue weighted by molar-refractivity contribution is -0.146. The van der Waals surface area contributed by atoms with E-state index in [0.717, 1.165) is 65.2 Å². The third kappa shape index (κ3) is 7.64. The molecule has 39 heavy (non-hydrogen) atoms. The first-order chi connectivity index (χ1) is 18.7. The number of carbonyl (C=O) groups is 1. The van der Waals surface area contributed by atoms with Crippen LogP contribution in [0.25, 0.3) is 10.9 Å². The van der Waals surface area contributed by atoms with Crippen LogP contribution in [0.15, 0.2) is 59.6 Å². The fourth-order valence-corrected chi connectivity index (χ4v) is 6.04. The number of carboxylic acids is 1. The summed E-state index contributed by atoms with van der Waals surface area (Å²) in [5.41, 5.74) is 0.866. The van der Waals surface area contributed by atoms with Gasteiger partial charge in [-0.1, -0.05) is 0 Å². The van der Waals surface area contributed by atoms with Crippen LogP contribution < -0.4 is 4.74 Å². The zero-order chi connectivity index (χ0) is 28.0. The number of aliphatic hydroxyl groups excluding tert-OH is 1. The number of aliphatic carboxylic acids is 1. The summed E-state index contributed by atoms with van der Waals surface area (Å²) in [6.07, 6.45) is -0.812. The fourth-order valence-electron chi connectivity index (χ4n) is 5.21. The summed E-state index contributed by atoms with van der Waals surface area (Å²) in [7, 11) is 1.59. The molecular formula is C29H33F3N2O4S. The van der Waals surface area contributed by atoms with Gasteiger partial charge in [0.05, 0.1) is 30.2 Å². The summed E-state index contributed by atoms with van der Waals surface area (Å²) in [5.74, 6) is 0.0534. The molecule has 2 aromatic carbocycles. The van der Waals surface area contributed by atoms with E-state index in [1.807, 2.05) is 18.2 Å². The number of pyridine rings is 1. The lowest BCUT2D eigenvalue weighted by atomic mass is 9.81. The summed E-state index contributed by atoms with van der Waals surface area (Å²) in [6, 6.07) is 12.5. The highest BCUT2D eigenvalue weighted by Gasteiger charge is 2.34. The number of nitrogens with zero attached hydrogens (tertiary/aromatic N) is 2. The zero-order valence-electron chi connectivity index (χ0n) is 21.7. The summed E-state index contributed by atoms with van der Waals surface area (Å²) in [6.45, 7) is 1.97. The second-order valence-corrected chi connectivity index (χ2v) is 11.1. The van der Waals surface area contributed by atoms with Crippen LogP contribution in [0, 0.1) is 11.8 Å². The molecule has 1 fully saturated rings. The molecule has 3 atom stereocenters. The van der Waals surface area contributed by atoms with Gasteiger partial charge < -0.3 is 19.8 Å². The molecule has 210 valence electrons. The van der Waals surface area contributed by atoms with Crippen LogP contribution in [-0.4, -0.2) is 58.6 Å². The standard InChI is InChI=1S/C29H33F3N2O4S/c1-38-21-6-9-26-24(17-21)23(11-13-33-26)27(35)10-3-19-12-15-34(18-25(19)28(36)37)14-2-16-39-22-7-4-20(5-8-22)29(30,31)32/h4-9,11,13,17,19,25,27,35H,2-3,10,12,14-16,18H2,1H3,(H,36,37)/t19-,25+,27-/m1/s1. The maximum Gasteiger partial charge on any atom is 0.416 e. The summed E-state index contributed by atoms with van der Waals surface area (Å²) < 4.78 is 43.5. The van der Waals surface area contributed by atoms with Gasteiger partial charge in [-0.15, -0.1) is 11.8 Å². The predicted molar refractivity (Wildman–Crippen MR) is 145 cm³/mol. The van der Waals surface area contributed by atoms with Crippen LogP contribution in [0.3, 0.4) is 0 Å². The first-order valence-electron chi connectivity index (χ1n) is 13.0. The summed E-state index contributed by atoms with van der Waals surface area (Å²) in [5, 5.41) is 21.7. The van der Waals surface area contributed by atoms with Gasteiger partial charge >= 0.3 is 12.1 Å². The van der Waals surface area contributed by atoms with Gasteiger partial charge in [0.15, 0.2) is 0 Å². The summed E-state index contributed by atoms with van der Waals surface area (Å²) in [4.78, 5) is 19.4. The van der Waals surface area contributed by atoms with Crippen LogP contribution in [0.5, 0.6) is 5.75 Å². The topological polar surface area (TPSA) is 82.9 Å². The number of thioether (sulfide) groups is 1. The minimum atomic E-state index is -4.34. The van der Waals surface area contributed by atoms with Crippen molar-refractivity contribution in [2.24, 2.45) is 11.8 Å². The van der Waals surface area contributed by atoms with Gasteiger partial charge in [0.2, 0.25) is 0 Å². The number of benzene rings is 2. The van der Waals surface area contributed by atoms with E-state index < -0.39 is 29.7 Å². The Hall–Kier alpha value is -2.82. The number of fused-ring (bicyclic) bond motifs is 1. The number of aromatic nitrogens is 1. The lowest BCUT2D eigenvalue weighted by Gasteiger charge is -2.37. The number of methoxy groups -OCH3 is 1. The lowest BCUT2D eigenvalue weighted by Crippen LogP contribution is -2.44. The number of carboxylic acid groups (broad SMARTS) is 1. The second-order valence-electron chi connectivity index (χ2n) is 9.89. The van der Waals surface area contributed by atoms with E-state index in [1.54, 1.807) is 19.4 Å². The maximum atomic E-state index is 12.7. The molecule has 1 aromatic heterocycles. The fraction of sp³-hybridized carbons (Fsp3) is 0.448. The number of alkyl halides is 3. The van der Waals surface area contributed by atoms with Crippen molar-refractivity contribution in [3.05, 3.63) is 65.9 Å².